The van der Waals surface area contributed by atoms with Crippen LogP contribution in [0.2, 0.25) is 0 Å². The molecule has 0 saturated heterocycles. The lowest BCUT2D eigenvalue weighted by molar-refractivity contribution is -0.150. The molecule has 0 aliphatic carbocycles. The number of amides is 2. The van der Waals surface area contributed by atoms with E-state index in [1.807, 2.05) is 30.3 Å². The first kappa shape index (κ1) is 22.9. The van der Waals surface area contributed by atoms with Gasteiger partial charge in [-0.3, -0.25) is 0 Å². The summed E-state index contributed by atoms with van der Waals surface area (Å²) in [6.07, 6.45) is -0.765. The third-order valence-corrected chi connectivity index (χ3v) is 4.77. The highest BCUT2D eigenvalue weighted by molar-refractivity contribution is 6.04. The number of urea groups is 1. The Morgan fingerprint density at radius 2 is 1.62 bits per heavy atom. The van der Waals surface area contributed by atoms with Gasteiger partial charge in [-0.15, -0.1) is 0 Å². The van der Waals surface area contributed by atoms with Crippen molar-refractivity contribution in [1.29, 1.82) is 0 Å². The van der Waals surface area contributed by atoms with Crippen molar-refractivity contribution in [3.8, 4) is 5.75 Å². The molecule has 0 aromatic heterocycles. The third-order valence-electron chi connectivity index (χ3n) is 4.77. The molecule has 8 nitrogen and oxygen atoms in total. The van der Waals surface area contributed by atoms with Crippen LogP contribution < -0.4 is 15.4 Å². The molecule has 1 aliphatic heterocycles. The number of benzene rings is 2. The fraction of sp³-hybridized carbons (Fsp3) is 0.292. The Morgan fingerprint density at radius 3 is 2.25 bits per heavy atom. The highest BCUT2D eigenvalue weighted by Gasteiger charge is 2.34. The van der Waals surface area contributed by atoms with Gasteiger partial charge in [-0.25, -0.2) is 14.4 Å². The Balaban J connectivity index is 1.94. The van der Waals surface area contributed by atoms with Crippen LogP contribution in [0, 0.1) is 0 Å². The van der Waals surface area contributed by atoms with Crippen LogP contribution in [0.3, 0.4) is 0 Å². The van der Waals surface area contributed by atoms with Crippen LogP contribution in [0.1, 0.15) is 37.9 Å². The molecular formula is C24H26N2O6. The summed E-state index contributed by atoms with van der Waals surface area (Å²) >= 11 is 0. The maximum absolute atomic E-state index is 12.9. The van der Waals surface area contributed by atoms with Crippen molar-refractivity contribution in [2.45, 2.75) is 32.9 Å². The molecule has 2 atom stereocenters. The minimum atomic E-state index is -0.765. The summed E-state index contributed by atoms with van der Waals surface area (Å²) in [6, 6.07) is 14.8. The summed E-state index contributed by atoms with van der Waals surface area (Å²) in [5, 5.41) is 5.53. The van der Waals surface area contributed by atoms with Crippen LogP contribution in [-0.4, -0.2) is 37.3 Å². The quantitative estimate of drug-likeness (QED) is 0.613. The van der Waals surface area contributed by atoms with Gasteiger partial charge >= 0.3 is 18.0 Å². The van der Waals surface area contributed by atoms with Crippen LogP contribution in [0.4, 0.5) is 4.79 Å². The van der Waals surface area contributed by atoms with E-state index < -0.39 is 30.1 Å². The molecule has 2 aromatic carbocycles. The molecule has 8 heteroatoms. The summed E-state index contributed by atoms with van der Waals surface area (Å²) in [5.41, 5.74) is 2.05. The van der Waals surface area contributed by atoms with Gasteiger partial charge in [0.1, 0.15) is 5.75 Å². The molecule has 1 aliphatic rings. The number of esters is 2. The van der Waals surface area contributed by atoms with Crippen molar-refractivity contribution in [2.75, 3.05) is 13.2 Å². The predicted molar refractivity (Wildman–Crippen MR) is 118 cm³/mol. The number of nitrogens with one attached hydrogen (secondary N) is 2. The molecule has 1 heterocycles. The summed E-state index contributed by atoms with van der Waals surface area (Å²) < 4.78 is 15.8. The highest BCUT2D eigenvalue weighted by atomic mass is 16.6. The van der Waals surface area contributed by atoms with Gasteiger partial charge in [0.25, 0.3) is 0 Å². The van der Waals surface area contributed by atoms with Gasteiger partial charge < -0.3 is 24.8 Å². The average Bonchev–Trinajstić information content (AvgIpc) is 2.80. The van der Waals surface area contributed by atoms with Crippen molar-refractivity contribution in [2.24, 2.45) is 0 Å². The molecular weight excluding hydrogens is 412 g/mol. The number of rotatable bonds is 8. The standard InChI is InChI=1S/C24H26N2O6/c1-4-30-22(27)15(3)32-18-13-11-17(12-14-18)21-19(23(28)31-5-2)20(25-24(29)26-21)16-9-7-6-8-10-16/h6-15,21H,4-5H2,1-3H3,(H2,25,26,29)/t15-,21+/m0/s1. The highest BCUT2D eigenvalue weighted by Crippen LogP contribution is 2.32. The molecule has 32 heavy (non-hydrogen) atoms. The van der Waals surface area contributed by atoms with Gasteiger partial charge in [-0.2, -0.15) is 0 Å². The summed E-state index contributed by atoms with van der Waals surface area (Å²) in [4.78, 5) is 37.1. The second kappa shape index (κ2) is 10.5. The largest absolute Gasteiger partial charge is 0.479 e. The van der Waals surface area contributed by atoms with Crippen molar-refractivity contribution in [1.82, 2.24) is 10.6 Å². The molecule has 0 fully saturated rings. The van der Waals surface area contributed by atoms with Crippen molar-refractivity contribution < 1.29 is 28.6 Å². The number of hydrogen-bond donors (Lipinski definition) is 2. The zero-order chi connectivity index (χ0) is 23.1. The van der Waals surface area contributed by atoms with Crippen LogP contribution >= 0.6 is 0 Å². The molecule has 0 saturated carbocycles. The lowest BCUT2D eigenvalue weighted by Crippen LogP contribution is -2.45. The van der Waals surface area contributed by atoms with Crippen molar-refractivity contribution >= 4 is 23.7 Å². The molecule has 2 amide bonds. The number of carbonyl (C=O) groups is 3. The van der Waals surface area contributed by atoms with Crippen LogP contribution in [0.5, 0.6) is 5.75 Å². The molecule has 168 valence electrons. The fourth-order valence-corrected chi connectivity index (χ4v) is 3.33. The number of ether oxygens (including phenoxy) is 3. The van der Waals surface area contributed by atoms with E-state index >= 15 is 0 Å². The SMILES string of the molecule is CCOC(=O)C1=C(c2ccccc2)NC(=O)N[C@@H]1c1ccc(O[C@@H](C)C(=O)OCC)cc1. The van der Waals surface area contributed by atoms with Gasteiger partial charge in [0.15, 0.2) is 6.10 Å². The summed E-state index contributed by atoms with van der Waals surface area (Å²) in [7, 11) is 0. The topological polar surface area (TPSA) is 103 Å². The van der Waals surface area contributed by atoms with Gasteiger partial charge in [0.05, 0.1) is 30.5 Å². The minimum Gasteiger partial charge on any atom is -0.479 e. The Bertz CT molecular complexity index is 1000. The Hall–Kier alpha value is -3.81. The van der Waals surface area contributed by atoms with E-state index in [-0.39, 0.29) is 13.2 Å². The predicted octanol–water partition coefficient (Wildman–Crippen LogP) is 3.35. The fourth-order valence-electron chi connectivity index (χ4n) is 3.33. The first-order valence-electron chi connectivity index (χ1n) is 10.4. The molecule has 2 N–H and O–H groups in total. The van der Waals surface area contributed by atoms with E-state index in [1.54, 1.807) is 45.0 Å². The van der Waals surface area contributed by atoms with E-state index in [4.69, 9.17) is 14.2 Å². The second-order valence-corrected chi connectivity index (χ2v) is 6.99. The second-order valence-electron chi connectivity index (χ2n) is 6.99. The summed E-state index contributed by atoms with van der Waals surface area (Å²) in [5.74, 6) is -0.526. The van der Waals surface area contributed by atoms with Gasteiger partial charge in [0, 0.05) is 0 Å². The van der Waals surface area contributed by atoms with E-state index in [9.17, 15) is 14.4 Å². The number of hydrogen-bond acceptors (Lipinski definition) is 6. The van der Waals surface area contributed by atoms with E-state index in [2.05, 4.69) is 10.6 Å². The zero-order valence-corrected chi connectivity index (χ0v) is 18.2. The Labute approximate surface area is 186 Å². The third kappa shape index (κ3) is 5.26. The Morgan fingerprint density at radius 1 is 0.969 bits per heavy atom. The molecule has 0 bridgehead atoms. The maximum Gasteiger partial charge on any atom is 0.347 e. The molecule has 0 unspecified atom stereocenters. The monoisotopic (exact) mass is 438 g/mol. The van der Waals surface area contributed by atoms with Crippen molar-refractivity contribution in [3.05, 3.63) is 71.3 Å². The van der Waals surface area contributed by atoms with Gasteiger partial charge in [0.2, 0.25) is 0 Å². The molecule has 2 aromatic rings. The molecule has 0 radical (unpaired) electrons. The van der Waals surface area contributed by atoms with Crippen LogP contribution in [0.25, 0.3) is 5.70 Å². The van der Waals surface area contributed by atoms with Crippen molar-refractivity contribution in [3.63, 3.8) is 0 Å². The smallest absolute Gasteiger partial charge is 0.347 e. The van der Waals surface area contributed by atoms with Gasteiger partial charge in [-0.05, 0) is 44.0 Å². The first-order valence-corrected chi connectivity index (χ1v) is 10.4. The maximum atomic E-state index is 12.9. The Kier molecular flexibility index (Phi) is 7.49. The van der Waals surface area contributed by atoms with Crippen LogP contribution in [-0.2, 0) is 19.1 Å². The van der Waals surface area contributed by atoms with Gasteiger partial charge in [-0.1, -0.05) is 42.5 Å². The zero-order valence-electron chi connectivity index (χ0n) is 18.2. The van der Waals surface area contributed by atoms with E-state index in [0.29, 0.717) is 28.1 Å². The normalized spacial score (nSPS) is 16.5. The number of carbonyl (C=O) groups excluding carboxylic acids is 3. The lowest BCUT2D eigenvalue weighted by atomic mass is 9.92. The van der Waals surface area contributed by atoms with E-state index in [0.717, 1.165) is 0 Å². The van der Waals surface area contributed by atoms with E-state index in [1.165, 1.54) is 0 Å². The molecule has 0 spiro atoms. The minimum absolute atomic E-state index is 0.198. The average molecular weight is 438 g/mol. The first-order chi connectivity index (χ1) is 15.4. The lowest BCUT2D eigenvalue weighted by Gasteiger charge is -2.29. The van der Waals surface area contributed by atoms with Crippen LogP contribution in [0.15, 0.2) is 60.2 Å². The summed E-state index contributed by atoms with van der Waals surface area (Å²) in [6.45, 7) is 5.52. The molecule has 3 rings (SSSR count).